The standard InChI is InChI=1S/C19H22N2O3/c1-15(19(23)24)20-18(22)14-21(12-16-8-4-2-5-9-16)13-17-10-6-3-7-11-17/h2-11,15H,12-14H2,1H3,(H,20,22)(H,23,24). The highest BCUT2D eigenvalue weighted by atomic mass is 16.4. The molecular weight excluding hydrogens is 304 g/mol. The van der Waals surface area contributed by atoms with E-state index in [1.54, 1.807) is 0 Å². The molecule has 0 radical (unpaired) electrons. The van der Waals surface area contributed by atoms with Gasteiger partial charge in [0.1, 0.15) is 6.04 Å². The van der Waals surface area contributed by atoms with Crippen molar-refractivity contribution in [3.63, 3.8) is 0 Å². The molecule has 0 aliphatic heterocycles. The zero-order chi connectivity index (χ0) is 17.4. The summed E-state index contributed by atoms with van der Waals surface area (Å²) in [5.41, 5.74) is 2.21. The molecule has 2 aromatic carbocycles. The number of carboxylic acid groups (broad SMARTS) is 1. The minimum Gasteiger partial charge on any atom is -0.480 e. The fraction of sp³-hybridized carbons (Fsp3) is 0.263. The summed E-state index contributed by atoms with van der Waals surface area (Å²) in [6, 6.07) is 18.9. The lowest BCUT2D eigenvalue weighted by Gasteiger charge is -2.22. The van der Waals surface area contributed by atoms with E-state index in [-0.39, 0.29) is 12.5 Å². The summed E-state index contributed by atoms with van der Waals surface area (Å²) in [6.07, 6.45) is 0. The molecule has 1 amide bonds. The van der Waals surface area contributed by atoms with E-state index in [4.69, 9.17) is 5.11 Å². The van der Waals surface area contributed by atoms with Crippen molar-refractivity contribution in [1.29, 1.82) is 0 Å². The van der Waals surface area contributed by atoms with E-state index in [0.717, 1.165) is 11.1 Å². The van der Waals surface area contributed by atoms with Gasteiger partial charge >= 0.3 is 5.97 Å². The molecule has 2 N–H and O–H groups in total. The van der Waals surface area contributed by atoms with E-state index in [9.17, 15) is 9.59 Å². The lowest BCUT2D eigenvalue weighted by atomic mass is 10.1. The Morgan fingerprint density at radius 3 is 1.83 bits per heavy atom. The SMILES string of the molecule is CC(NC(=O)CN(Cc1ccccc1)Cc1ccccc1)C(=O)O. The van der Waals surface area contributed by atoms with Crippen molar-refractivity contribution in [3.8, 4) is 0 Å². The largest absolute Gasteiger partial charge is 0.480 e. The predicted molar refractivity (Wildman–Crippen MR) is 92.2 cm³/mol. The molecular formula is C19H22N2O3. The number of carbonyl (C=O) groups excluding carboxylic acids is 1. The van der Waals surface area contributed by atoms with Crippen molar-refractivity contribution >= 4 is 11.9 Å². The third kappa shape index (κ3) is 5.85. The Balaban J connectivity index is 2.04. The first-order chi connectivity index (χ1) is 11.5. The summed E-state index contributed by atoms with van der Waals surface area (Å²) in [5, 5.41) is 11.4. The summed E-state index contributed by atoms with van der Waals surface area (Å²) in [7, 11) is 0. The van der Waals surface area contributed by atoms with E-state index in [2.05, 4.69) is 5.32 Å². The van der Waals surface area contributed by atoms with Crippen LogP contribution < -0.4 is 5.32 Å². The second kappa shape index (κ2) is 8.84. The van der Waals surface area contributed by atoms with Crippen LogP contribution in [0.2, 0.25) is 0 Å². The lowest BCUT2D eigenvalue weighted by Crippen LogP contribution is -2.43. The maximum Gasteiger partial charge on any atom is 0.325 e. The van der Waals surface area contributed by atoms with Gasteiger partial charge in [0.2, 0.25) is 5.91 Å². The van der Waals surface area contributed by atoms with Crippen LogP contribution in [0.3, 0.4) is 0 Å². The zero-order valence-corrected chi connectivity index (χ0v) is 13.7. The normalized spacial score (nSPS) is 11.9. The number of nitrogens with zero attached hydrogens (tertiary/aromatic N) is 1. The van der Waals surface area contributed by atoms with Crippen LogP contribution in [-0.4, -0.2) is 34.5 Å². The van der Waals surface area contributed by atoms with Gasteiger partial charge in [-0.2, -0.15) is 0 Å². The molecule has 0 spiro atoms. The lowest BCUT2D eigenvalue weighted by molar-refractivity contribution is -0.141. The molecule has 1 unspecified atom stereocenters. The average Bonchev–Trinajstić information content (AvgIpc) is 2.56. The van der Waals surface area contributed by atoms with Crippen molar-refractivity contribution < 1.29 is 14.7 Å². The molecule has 2 aromatic rings. The van der Waals surface area contributed by atoms with Crippen molar-refractivity contribution in [3.05, 3.63) is 71.8 Å². The summed E-state index contributed by atoms with van der Waals surface area (Å²) in [4.78, 5) is 25.0. The Bertz CT molecular complexity index is 617. The quantitative estimate of drug-likeness (QED) is 0.781. The molecule has 0 bridgehead atoms. The van der Waals surface area contributed by atoms with Gasteiger partial charge in [0.15, 0.2) is 0 Å². The minimum absolute atomic E-state index is 0.140. The molecule has 0 aliphatic rings. The first kappa shape index (κ1) is 17.7. The number of nitrogens with one attached hydrogen (secondary N) is 1. The average molecular weight is 326 g/mol. The van der Waals surface area contributed by atoms with Crippen molar-refractivity contribution in [2.45, 2.75) is 26.1 Å². The Kier molecular flexibility index (Phi) is 6.51. The number of rotatable bonds is 8. The highest BCUT2D eigenvalue weighted by Crippen LogP contribution is 2.09. The maximum atomic E-state index is 12.1. The summed E-state index contributed by atoms with van der Waals surface area (Å²) in [6.45, 7) is 2.83. The fourth-order valence-corrected chi connectivity index (χ4v) is 2.40. The molecule has 0 aromatic heterocycles. The third-order valence-corrected chi connectivity index (χ3v) is 3.61. The van der Waals surface area contributed by atoms with Gasteiger partial charge in [0, 0.05) is 13.1 Å². The molecule has 0 heterocycles. The molecule has 5 nitrogen and oxygen atoms in total. The smallest absolute Gasteiger partial charge is 0.325 e. The monoisotopic (exact) mass is 326 g/mol. The number of aliphatic carboxylic acids is 1. The predicted octanol–water partition coefficient (Wildman–Crippen LogP) is 2.28. The zero-order valence-electron chi connectivity index (χ0n) is 13.7. The highest BCUT2D eigenvalue weighted by molar-refractivity contribution is 5.84. The molecule has 24 heavy (non-hydrogen) atoms. The summed E-state index contributed by atoms with van der Waals surface area (Å²) >= 11 is 0. The molecule has 0 saturated heterocycles. The summed E-state index contributed by atoms with van der Waals surface area (Å²) in [5.74, 6) is -1.34. The van der Waals surface area contributed by atoms with Crippen LogP contribution in [-0.2, 0) is 22.7 Å². The second-order valence-electron chi connectivity index (χ2n) is 5.74. The highest BCUT2D eigenvalue weighted by Gasteiger charge is 2.17. The Labute approximate surface area is 141 Å². The van der Waals surface area contributed by atoms with Crippen LogP contribution >= 0.6 is 0 Å². The van der Waals surface area contributed by atoms with Crippen molar-refractivity contribution in [2.75, 3.05) is 6.54 Å². The maximum absolute atomic E-state index is 12.1. The van der Waals surface area contributed by atoms with Gasteiger partial charge in [-0.05, 0) is 18.1 Å². The van der Waals surface area contributed by atoms with Gasteiger partial charge in [-0.3, -0.25) is 14.5 Å². The molecule has 5 heteroatoms. The Morgan fingerprint density at radius 2 is 1.42 bits per heavy atom. The Morgan fingerprint density at radius 1 is 0.958 bits per heavy atom. The first-order valence-corrected chi connectivity index (χ1v) is 7.87. The van der Waals surface area contributed by atoms with Gasteiger partial charge in [-0.1, -0.05) is 60.7 Å². The molecule has 0 fully saturated rings. The third-order valence-electron chi connectivity index (χ3n) is 3.61. The molecule has 126 valence electrons. The van der Waals surface area contributed by atoms with E-state index in [0.29, 0.717) is 13.1 Å². The van der Waals surface area contributed by atoms with Crippen molar-refractivity contribution in [1.82, 2.24) is 10.2 Å². The summed E-state index contributed by atoms with van der Waals surface area (Å²) < 4.78 is 0. The number of amides is 1. The van der Waals surface area contributed by atoms with Crippen LogP contribution in [0, 0.1) is 0 Å². The number of benzene rings is 2. The fourth-order valence-electron chi connectivity index (χ4n) is 2.40. The molecule has 0 saturated carbocycles. The van der Waals surface area contributed by atoms with Gasteiger partial charge < -0.3 is 10.4 Å². The van der Waals surface area contributed by atoms with Crippen molar-refractivity contribution in [2.24, 2.45) is 0 Å². The van der Waals surface area contributed by atoms with Gasteiger partial charge in [-0.15, -0.1) is 0 Å². The van der Waals surface area contributed by atoms with E-state index in [1.807, 2.05) is 65.6 Å². The van der Waals surface area contributed by atoms with Gasteiger partial charge in [-0.25, -0.2) is 0 Å². The number of carbonyl (C=O) groups is 2. The molecule has 1 atom stereocenters. The van der Waals surface area contributed by atoms with Crippen LogP contribution in [0.15, 0.2) is 60.7 Å². The van der Waals surface area contributed by atoms with Crippen LogP contribution in [0.4, 0.5) is 0 Å². The van der Waals surface area contributed by atoms with E-state index < -0.39 is 12.0 Å². The number of carboxylic acids is 1. The number of hydrogen-bond donors (Lipinski definition) is 2. The van der Waals surface area contributed by atoms with E-state index >= 15 is 0 Å². The van der Waals surface area contributed by atoms with Crippen LogP contribution in [0.1, 0.15) is 18.1 Å². The first-order valence-electron chi connectivity index (χ1n) is 7.87. The Hall–Kier alpha value is -2.66. The van der Waals surface area contributed by atoms with Crippen LogP contribution in [0.5, 0.6) is 0 Å². The van der Waals surface area contributed by atoms with Gasteiger partial charge in [0.25, 0.3) is 0 Å². The van der Waals surface area contributed by atoms with E-state index in [1.165, 1.54) is 6.92 Å². The van der Waals surface area contributed by atoms with Gasteiger partial charge in [0.05, 0.1) is 6.54 Å². The molecule has 0 aliphatic carbocycles. The minimum atomic E-state index is -1.04. The topological polar surface area (TPSA) is 69.6 Å². The number of hydrogen-bond acceptors (Lipinski definition) is 3. The van der Waals surface area contributed by atoms with Crippen LogP contribution in [0.25, 0.3) is 0 Å². The second-order valence-corrected chi connectivity index (χ2v) is 5.74. The molecule has 2 rings (SSSR count).